The number of fused-ring (bicyclic) bond motifs is 1. The summed E-state index contributed by atoms with van der Waals surface area (Å²) >= 11 is 1.38. The number of amides is 1. The van der Waals surface area contributed by atoms with Crippen LogP contribution in [-0.2, 0) is 21.2 Å². The first-order valence-corrected chi connectivity index (χ1v) is 11.8. The number of hydrogen-bond donors (Lipinski definition) is 1. The molecule has 10 heteroatoms. The zero-order chi connectivity index (χ0) is 22.2. The van der Waals surface area contributed by atoms with Gasteiger partial charge in [0.15, 0.2) is 10.2 Å². The molecule has 1 N–H and O–H groups in total. The molecule has 1 aliphatic heterocycles. The van der Waals surface area contributed by atoms with Crippen molar-refractivity contribution in [3.05, 3.63) is 53.3 Å². The predicted octanol–water partition coefficient (Wildman–Crippen LogP) is 3.49. The smallest absolute Gasteiger partial charge is 0.281 e. The Bertz CT molecular complexity index is 1330. The molecule has 0 radical (unpaired) electrons. The number of carbonyl (C=O) groups excluding carboxylic acids is 1. The number of nitrogens with one attached hydrogen (secondary N) is 1. The lowest BCUT2D eigenvalue weighted by Crippen LogP contribution is -2.36. The summed E-state index contributed by atoms with van der Waals surface area (Å²) in [6.07, 6.45) is 1.42. The van der Waals surface area contributed by atoms with Gasteiger partial charge in [-0.2, -0.15) is 13.7 Å². The van der Waals surface area contributed by atoms with E-state index in [2.05, 4.69) is 15.3 Å². The molecule has 0 bridgehead atoms. The maximum atomic E-state index is 13.2. The lowest BCUT2D eigenvalue weighted by Gasteiger charge is -2.30. The maximum absolute atomic E-state index is 13.2. The van der Waals surface area contributed by atoms with E-state index in [0.29, 0.717) is 23.8 Å². The van der Waals surface area contributed by atoms with Crippen LogP contribution in [0.15, 0.2) is 41.4 Å². The molecule has 0 spiro atoms. The average molecular weight is 454 g/mol. The number of rotatable bonds is 4. The minimum absolute atomic E-state index is 0.0595. The van der Waals surface area contributed by atoms with Crippen LogP contribution >= 0.6 is 11.3 Å². The van der Waals surface area contributed by atoms with Gasteiger partial charge in [-0.1, -0.05) is 23.5 Å². The summed E-state index contributed by atoms with van der Waals surface area (Å²) in [7, 11) is -3.89. The van der Waals surface area contributed by atoms with Crippen LogP contribution in [0.5, 0.6) is 0 Å². The summed E-state index contributed by atoms with van der Waals surface area (Å²) in [6, 6.07) is 11.9. The Morgan fingerprint density at radius 2 is 2.06 bits per heavy atom. The van der Waals surface area contributed by atoms with Crippen molar-refractivity contribution < 1.29 is 13.2 Å². The molecule has 158 valence electrons. The maximum Gasteiger partial charge on any atom is 0.281 e. The van der Waals surface area contributed by atoms with E-state index in [9.17, 15) is 13.2 Å². The second-order valence-electron chi connectivity index (χ2n) is 7.11. The summed E-state index contributed by atoms with van der Waals surface area (Å²) in [5.74, 6) is -0.180. The van der Waals surface area contributed by atoms with E-state index < -0.39 is 10.0 Å². The van der Waals surface area contributed by atoms with Gasteiger partial charge in [-0.3, -0.25) is 9.10 Å². The van der Waals surface area contributed by atoms with Crippen LogP contribution in [0.3, 0.4) is 0 Å². The second-order valence-corrected chi connectivity index (χ2v) is 9.92. The fraction of sp³-hybridized carbons (Fsp3) is 0.238. The highest BCUT2D eigenvalue weighted by molar-refractivity contribution is 7.92. The molecule has 0 aliphatic carbocycles. The number of nitriles is 1. The number of sulfonamides is 1. The van der Waals surface area contributed by atoms with Gasteiger partial charge >= 0.3 is 0 Å². The standard InChI is InChI=1S/C21H19N5O3S2/c1-13-20(30-21(23-13)24-14(2)27)16-8-9-18-15(11-16)5-4-10-26(18)31(28,29)19-7-3-6-17(12-22)25-19/h3,6-9,11H,4-5,10H2,1-2H3,(H,23,24,27). The Hall–Kier alpha value is -3.29. The first-order chi connectivity index (χ1) is 14.8. The molecule has 2 aromatic heterocycles. The SMILES string of the molecule is CC(=O)Nc1nc(C)c(-c2ccc3c(c2)CCCN3S(=O)(=O)c2cccc(C#N)n2)s1. The van der Waals surface area contributed by atoms with Crippen LogP contribution in [0.25, 0.3) is 10.4 Å². The lowest BCUT2D eigenvalue weighted by molar-refractivity contribution is -0.114. The molecule has 0 atom stereocenters. The van der Waals surface area contributed by atoms with E-state index in [0.717, 1.165) is 28.1 Å². The Labute approximate surface area is 184 Å². The Balaban J connectivity index is 1.72. The highest BCUT2D eigenvalue weighted by Gasteiger charge is 2.30. The molecule has 1 aliphatic rings. The molecule has 1 aromatic carbocycles. The van der Waals surface area contributed by atoms with E-state index in [1.54, 1.807) is 6.07 Å². The van der Waals surface area contributed by atoms with E-state index in [1.807, 2.05) is 25.1 Å². The van der Waals surface area contributed by atoms with Crippen LogP contribution in [0, 0.1) is 18.3 Å². The molecule has 0 saturated heterocycles. The first kappa shape index (κ1) is 21.0. The Kier molecular flexibility index (Phi) is 5.47. The van der Waals surface area contributed by atoms with Gasteiger partial charge in [0.2, 0.25) is 5.91 Å². The van der Waals surface area contributed by atoms with Crippen molar-refractivity contribution in [2.45, 2.75) is 31.7 Å². The summed E-state index contributed by atoms with van der Waals surface area (Å²) in [6.45, 7) is 3.66. The van der Waals surface area contributed by atoms with Crippen molar-refractivity contribution in [3.63, 3.8) is 0 Å². The first-order valence-electron chi connectivity index (χ1n) is 9.58. The van der Waals surface area contributed by atoms with E-state index in [-0.39, 0.29) is 16.6 Å². The largest absolute Gasteiger partial charge is 0.302 e. The van der Waals surface area contributed by atoms with Gasteiger partial charge in [0, 0.05) is 13.5 Å². The summed E-state index contributed by atoms with van der Waals surface area (Å²) in [4.78, 5) is 20.6. The van der Waals surface area contributed by atoms with Crippen LogP contribution in [-0.4, -0.2) is 30.8 Å². The van der Waals surface area contributed by atoms with Crippen molar-refractivity contribution in [2.24, 2.45) is 0 Å². The molecule has 0 saturated carbocycles. The van der Waals surface area contributed by atoms with Gasteiger partial charge in [0.25, 0.3) is 10.0 Å². The highest BCUT2D eigenvalue weighted by Crippen LogP contribution is 2.38. The number of carbonyl (C=O) groups is 1. The average Bonchev–Trinajstić information content (AvgIpc) is 3.12. The molecule has 0 fully saturated rings. The quantitative estimate of drug-likeness (QED) is 0.646. The zero-order valence-corrected chi connectivity index (χ0v) is 18.5. The summed E-state index contributed by atoms with van der Waals surface area (Å²) in [5, 5.41) is 12.2. The number of anilines is 2. The normalized spacial score (nSPS) is 13.4. The van der Waals surface area contributed by atoms with Gasteiger partial charge in [-0.15, -0.1) is 0 Å². The van der Waals surface area contributed by atoms with Crippen LogP contribution < -0.4 is 9.62 Å². The number of pyridine rings is 1. The fourth-order valence-electron chi connectivity index (χ4n) is 3.56. The number of nitrogens with zero attached hydrogens (tertiary/aromatic N) is 4. The van der Waals surface area contributed by atoms with Gasteiger partial charge in [-0.05, 0) is 55.2 Å². The number of aromatic nitrogens is 2. The van der Waals surface area contributed by atoms with Crippen molar-refractivity contribution in [1.29, 1.82) is 5.26 Å². The second kappa shape index (κ2) is 8.09. The molecule has 3 aromatic rings. The van der Waals surface area contributed by atoms with Crippen LogP contribution in [0.1, 0.15) is 30.3 Å². The molecule has 4 rings (SSSR count). The lowest BCUT2D eigenvalue weighted by atomic mass is 10.00. The number of hydrogen-bond acceptors (Lipinski definition) is 7. The van der Waals surface area contributed by atoms with Gasteiger partial charge in [0.05, 0.1) is 16.3 Å². The summed E-state index contributed by atoms with van der Waals surface area (Å²) in [5.41, 5.74) is 3.31. The molecule has 8 nitrogen and oxygen atoms in total. The third-order valence-corrected chi connectivity index (χ3v) is 7.73. The van der Waals surface area contributed by atoms with Gasteiger partial charge < -0.3 is 5.32 Å². The van der Waals surface area contributed by atoms with Crippen LogP contribution in [0.4, 0.5) is 10.8 Å². The topological polar surface area (TPSA) is 116 Å². The van der Waals surface area contributed by atoms with E-state index in [4.69, 9.17) is 5.26 Å². The monoisotopic (exact) mass is 453 g/mol. The molecule has 3 heterocycles. The minimum atomic E-state index is -3.89. The number of benzene rings is 1. The summed E-state index contributed by atoms with van der Waals surface area (Å²) < 4.78 is 27.8. The number of aryl methyl sites for hydroxylation is 2. The van der Waals surface area contributed by atoms with E-state index >= 15 is 0 Å². The van der Waals surface area contributed by atoms with Gasteiger partial charge in [0.1, 0.15) is 11.8 Å². The molecule has 31 heavy (non-hydrogen) atoms. The molecular weight excluding hydrogens is 434 g/mol. The number of thiazole rings is 1. The third kappa shape index (κ3) is 4.02. The van der Waals surface area contributed by atoms with Crippen molar-refractivity contribution in [3.8, 4) is 16.5 Å². The van der Waals surface area contributed by atoms with Crippen molar-refractivity contribution in [1.82, 2.24) is 9.97 Å². The third-order valence-electron chi connectivity index (χ3n) is 4.89. The molecular formula is C21H19N5O3S2. The minimum Gasteiger partial charge on any atom is -0.302 e. The van der Waals surface area contributed by atoms with Crippen molar-refractivity contribution in [2.75, 3.05) is 16.2 Å². The van der Waals surface area contributed by atoms with Crippen molar-refractivity contribution >= 4 is 38.1 Å². The molecule has 1 amide bonds. The van der Waals surface area contributed by atoms with E-state index in [1.165, 1.54) is 40.8 Å². The highest BCUT2D eigenvalue weighted by atomic mass is 32.2. The Morgan fingerprint density at radius 1 is 1.26 bits per heavy atom. The predicted molar refractivity (Wildman–Crippen MR) is 118 cm³/mol. The Morgan fingerprint density at radius 3 is 2.81 bits per heavy atom. The fourth-order valence-corrected chi connectivity index (χ4v) is 6.06. The van der Waals surface area contributed by atoms with Crippen LogP contribution in [0.2, 0.25) is 0 Å². The zero-order valence-electron chi connectivity index (χ0n) is 16.9. The molecule has 0 unspecified atom stereocenters. The van der Waals surface area contributed by atoms with Gasteiger partial charge in [-0.25, -0.2) is 9.97 Å².